The highest BCUT2D eigenvalue weighted by atomic mass is 14.7. The molecule has 0 bridgehead atoms. The van der Waals surface area contributed by atoms with E-state index in [1.165, 1.54) is 77.0 Å². The fourth-order valence-electron chi connectivity index (χ4n) is 10.7. The highest BCUT2D eigenvalue weighted by Gasteiger charge is 2.67. The second-order valence-electron chi connectivity index (χ2n) is 14.5. The number of nitrogens with two attached hydrogens (primary N) is 1. The van der Waals surface area contributed by atoms with E-state index in [1.54, 1.807) is 0 Å². The third-order valence-electron chi connectivity index (χ3n) is 12.7. The molecule has 1 heteroatoms. The summed E-state index contributed by atoms with van der Waals surface area (Å²) in [7, 11) is 0. The molecule has 0 aliphatic heterocycles. The second-order valence-corrected chi connectivity index (χ2v) is 14.5. The normalized spacial score (nSPS) is 48.4. The maximum absolute atomic E-state index is 5.87. The predicted molar refractivity (Wildman–Crippen MR) is 135 cm³/mol. The lowest BCUT2D eigenvalue weighted by atomic mass is 9.35. The minimum Gasteiger partial charge on any atom is -0.330 e. The monoisotopic (exact) mass is 429 g/mol. The first-order valence-electron chi connectivity index (χ1n) is 14.2. The van der Waals surface area contributed by atoms with E-state index in [4.69, 9.17) is 5.73 Å². The lowest BCUT2D eigenvalue weighted by Gasteiger charge is -2.69. The minimum absolute atomic E-state index is 0.555. The fourth-order valence-corrected chi connectivity index (χ4v) is 10.7. The van der Waals surface area contributed by atoms with Gasteiger partial charge in [-0.15, -0.1) is 0 Å². The Balaban J connectivity index is 1.52. The maximum Gasteiger partial charge on any atom is -0.00515 e. The average Bonchev–Trinajstić information content (AvgIpc) is 3.05. The molecular weight excluding hydrogens is 374 g/mol. The third-order valence-corrected chi connectivity index (χ3v) is 12.7. The summed E-state index contributed by atoms with van der Waals surface area (Å²) in [6.07, 6.45) is 17.6. The number of rotatable bonds is 6. The van der Waals surface area contributed by atoms with Crippen LogP contribution in [-0.4, -0.2) is 6.54 Å². The molecule has 0 aromatic rings. The molecule has 1 nitrogen and oxygen atoms in total. The summed E-state index contributed by atoms with van der Waals surface area (Å²) in [5.74, 6) is 5.46. The van der Waals surface area contributed by atoms with Gasteiger partial charge in [0, 0.05) is 0 Å². The molecule has 0 amide bonds. The minimum atomic E-state index is 0.555. The van der Waals surface area contributed by atoms with Crippen LogP contribution >= 0.6 is 0 Å². The molecule has 0 aromatic carbocycles. The van der Waals surface area contributed by atoms with Gasteiger partial charge in [0.05, 0.1) is 0 Å². The number of hydrogen-bond donors (Lipinski definition) is 1. The highest BCUT2D eigenvalue weighted by Crippen LogP contribution is 2.75. The molecule has 0 saturated heterocycles. The molecule has 0 radical (unpaired) electrons. The van der Waals surface area contributed by atoms with Gasteiger partial charge >= 0.3 is 0 Å². The smallest absolute Gasteiger partial charge is 0.00515 e. The molecule has 1 unspecified atom stereocenters. The Bertz CT molecular complexity index is 638. The van der Waals surface area contributed by atoms with Crippen molar-refractivity contribution in [2.45, 2.75) is 126 Å². The van der Waals surface area contributed by atoms with Gasteiger partial charge in [0.15, 0.2) is 0 Å². The molecule has 180 valence electrons. The Morgan fingerprint density at radius 2 is 1.48 bits per heavy atom. The number of hydrogen-bond acceptors (Lipinski definition) is 1. The summed E-state index contributed by atoms with van der Waals surface area (Å²) in [5, 5.41) is 0. The van der Waals surface area contributed by atoms with E-state index in [2.05, 4.69) is 48.5 Å². The quantitative estimate of drug-likeness (QED) is 0.450. The first-order chi connectivity index (χ1) is 14.5. The van der Waals surface area contributed by atoms with Gasteiger partial charge in [-0.3, -0.25) is 0 Å². The average molecular weight is 430 g/mol. The molecule has 4 rings (SSSR count). The van der Waals surface area contributed by atoms with Crippen molar-refractivity contribution in [3.63, 3.8) is 0 Å². The van der Waals surface area contributed by atoms with Crippen molar-refractivity contribution in [3.05, 3.63) is 0 Å². The van der Waals surface area contributed by atoms with E-state index in [0.717, 1.165) is 36.1 Å². The van der Waals surface area contributed by atoms with E-state index in [-0.39, 0.29) is 0 Å². The first kappa shape index (κ1) is 24.1. The lowest BCUT2D eigenvalue weighted by molar-refractivity contribution is -0.203. The van der Waals surface area contributed by atoms with Gasteiger partial charge < -0.3 is 5.73 Å². The zero-order valence-electron chi connectivity index (χ0n) is 22.2. The van der Waals surface area contributed by atoms with Gasteiger partial charge in [-0.05, 0) is 121 Å². The van der Waals surface area contributed by atoms with E-state index in [1.807, 2.05) is 0 Å². The Morgan fingerprint density at radius 1 is 0.774 bits per heavy atom. The van der Waals surface area contributed by atoms with Crippen LogP contribution in [0, 0.1) is 57.2 Å². The van der Waals surface area contributed by atoms with Gasteiger partial charge in [0.1, 0.15) is 0 Å². The Labute approximate surface area is 195 Å². The SMILES string of the molecule is CC(CN)CCC[C@@H](C)[C@H]1CC[C@]2(C)[C@@H]1CC[C@@H]1[C@@]3(C)CCCC(C)(C)[C@@H]3CC[C@]12C. The van der Waals surface area contributed by atoms with Crippen LogP contribution in [0.3, 0.4) is 0 Å². The zero-order valence-corrected chi connectivity index (χ0v) is 22.2. The summed E-state index contributed by atoms with van der Waals surface area (Å²) in [5.41, 5.74) is 8.15. The molecule has 31 heavy (non-hydrogen) atoms. The van der Waals surface area contributed by atoms with E-state index < -0.39 is 0 Å². The maximum atomic E-state index is 5.87. The Morgan fingerprint density at radius 3 is 2.19 bits per heavy atom. The van der Waals surface area contributed by atoms with Crippen LogP contribution in [0.2, 0.25) is 0 Å². The molecule has 0 spiro atoms. The second kappa shape index (κ2) is 8.32. The van der Waals surface area contributed by atoms with Crippen LogP contribution in [0.15, 0.2) is 0 Å². The molecule has 4 fully saturated rings. The predicted octanol–water partition coefficient (Wildman–Crippen LogP) is 8.46. The van der Waals surface area contributed by atoms with Gasteiger partial charge in [-0.2, -0.15) is 0 Å². The van der Waals surface area contributed by atoms with Gasteiger partial charge in [0.25, 0.3) is 0 Å². The Hall–Kier alpha value is -0.0400. The molecule has 0 aromatic heterocycles. The first-order valence-corrected chi connectivity index (χ1v) is 14.2. The van der Waals surface area contributed by atoms with Crippen molar-refractivity contribution in [2.24, 2.45) is 62.9 Å². The van der Waals surface area contributed by atoms with Crippen LogP contribution in [0.4, 0.5) is 0 Å². The molecule has 9 atom stereocenters. The van der Waals surface area contributed by atoms with Gasteiger partial charge in [-0.1, -0.05) is 67.7 Å². The van der Waals surface area contributed by atoms with Crippen molar-refractivity contribution in [3.8, 4) is 0 Å². The van der Waals surface area contributed by atoms with Crippen molar-refractivity contribution in [1.29, 1.82) is 0 Å². The van der Waals surface area contributed by atoms with E-state index in [0.29, 0.717) is 27.6 Å². The van der Waals surface area contributed by atoms with Crippen LogP contribution in [-0.2, 0) is 0 Å². The van der Waals surface area contributed by atoms with Crippen molar-refractivity contribution in [2.75, 3.05) is 6.54 Å². The van der Waals surface area contributed by atoms with Crippen molar-refractivity contribution < 1.29 is 0 Å². The summed E-state index contributed by atoms with van der Waals surface area (Å²) in [6.45, 7) is 19.3. The molecule has 4 aliphatic carbocycles. The van der Waals surface area contributed by atoms with Gasteiger partial charge in [0.2, 0.25) is 0 Å². The van der Waals surface area contributed by atoms with Crippen LogP contribution in [0.1, 0.15) is 126 Å². The van der Waals surface area contributed by atoms with Crippen LogP contribution in [0.5, 0.6) is 0 Å². The Kier molecular flexibility index (Phi) is 6.47. The molecule has 4 saturated carbocycles. The summed E-state index contributed by atoms with van der Waals surface area (Å²) < 4.78 is 0. The summed E-state index contributed by atoms with van der Waals surface area (Å²) >= 11 is 0. The fraction of sp³-hybridized carbons (Fsp3) is 1.00. The van der Waals surface area contributed by atoms with Crippen molar-refractivity contribution >= 4 is 0 Å². The number of fused-ring (bicyclic) bond motifs is 5. The molecule has 4 aliphatic rings. The summed E-state index contributed by atoms with van der Waals surface area (Å²) in [6, 6.07) is 0. The lowest BCUT2D eigenvalue weighted by Crippen LogP contribution is -2.62. The van der Waals surface area contributed by atoms with Crippen molar-refractivity contribution in [1.82, 2.24) is 0 Å². The largest absolute Gasteiger partial charge is 0.330 e. The third kappa shape index (κ3) is 3.66. The van der Waals surface area contributed by atoms with E-state index >= 15 is 0 Å². The molecule has 0 heterocycles. The topological polar surface area (TPSA) is 26.0 Å². The zero-order chi connectivity index (χ0) is 22.7. The van der Waals surface area contributed by atoms with E-state index in [9.17, 15) is 0 Å². The van der Waals surface area contributed by atoms with Crippen LogP contribution in [0.25, 0.3) is 0 Å². The summed E-state index contributed by atoms with van der Waals surface area (Å²) in [4.78, 5) is 0. The van der Waals surface area contributed by atoms with Gasteiger partial charge in [-0.25, -0.2) is 0 Å². The molecular formula is C30H55N. The van der Waals surface area contributed by atoms with Crippen LogP contribution < -0.4 is 5.73 Å². The standard InChI is InChI=1S/C30H55N/c1-21(20-31)10-8-11-22(2)23-14-18-29(6)24(23)12-13-26-28(5)17-9-16-27(3,4)25(28)15-19-30(26,29)7/h21-26H,8-20,31H2,1-7H3/t21?,22-,23-,24-,25+,26-,28+,29-,30-/m1/s1. The highest BCUT2D eigenvalue weighted by molar-refractivity contribution is 5.16. The molecule has 2 N–H and O–H groups in total.